The number of ether oxygens (including phenoxy) is 1. The molecule has 0 spiro atoms. The number of rotatable bonds is 4. The zero-order valence-electron chi connectivity index (χ0n) is 9.81. The molecular formula is C12H9BrFNO3S. The Morgan fingerprint density at radius 1 is 1.58 bits per heavy atom. The number of carboxylic acid groups (broad SMARTS) is 1. The Bertz CT molecular complexity index is 629. The Kier molecular flexibility index (Phi) is 4.28. The second-order valence-corrected chi connectivity index (χ2v) is 5.51. The molecule has 0 amide bonds. The van der Waals surface area contributed by atoms with Crippen molar-refractivity contribution < 1.29 is 19.0 Å². The van der Waals surface area contributed by atoms with Crippen LogP contribution in [-0.2, 0) is 11.3 Å². The van der Waals surface area contributed by atoms with Crippen LogP contribution in [0.4, 0.5) is 4.39 Å². The minimum absolute atomic E-state index is 0.122. The average molecular weight is 346 g/mol. The van der Waals surface area contributed by atoms with Gasteiger partial charge in [-0.3, -0.25) is 0 Å². The summed E-state index contributed by atoms with van der Waals surface area (Å²) >= 11 is 4.28. The molecule has 100 valence electrons. The molecule has 0 aliphatic carbocycles. The number of aromatic carboxylic acids is 1. The van der Waals surface area contributed by atoms with E-state index in [1.807, 2.05) is 0 Å². The number of thiazole rings is 1. The van der Waals surface area contributed by atoms with Crippen LogP contribution in [0.1, 0.15) is 15.4 Å². The first kappa shape index (κ1) is 14.1. The minimum Gasteiger partial charge on any atom is -0.477 e. The van der Waals surface area contributed by atoms with Crippen molar-refractivity contribution in [3.8, 4) is 10.6 Å². The van der Waals surface area contributed by atoms with Gasteiger partial charge in [0.15, 0.2) is 0 Å². The summed E-state index contributed by atoms with van der Waals surface area (Å²) in [4.78, 5) is 15.5. The van der Waals surface area contributed by atoms with E-state index in [0.717, 1.165) is 11.3 Å². The molecule has 4 nitrogen and oxygen atoms in total. The first-order valence-corrected chi connectivity index (χ1v) is 6.81. The topological polar surface area (TPSA) is 59.4 Å². The number of nitrogens with zero attached hydrogens (tertiary/aromatic N) is 1. The molecule has 0 unspecified atom stereocenters. The van der Waals surface area contributed by atoms with Gasteiger partial charge >= 0.3 is 5.97 Å². The monoisotopic (exact) mass is 345 g/mol. The summed E-state index contributed by atoms with van der Waals surface area (Å²) in [6, 6.07) is 4.17. The molecule has 0 fully saturated rings. The highest BCUT2D eigenvalue weighted by Gasteiger charge is 2.19. The molecule has 19 heavy (non-hydrogen) atoms. The first-order chi connectivity index (χ1) is 9.02. The summed E-state index contributed by atoms with van der Waals surface area (Å²) in [5.41, 5.74) is 1.02. The van der Waals surface area contributed by atoms with Gasteiger partial charge in [-0.15, -0.1) is 11.3 Å². The van der Waals surface area contributed by atoms with Crippen LogP contribution >= 0.6 is 27.3 Å². The molecule has 7 heteroatoms. The third-order valence-corrected chi connectivity index (χ3v) is 4.11. The molecular weight excluding hydrogens is 337 g/mol. The zero-order valence-corrected chi connectivity index (χ0v) is 12.2. The highest BCUT2D eigenvalue weighted by atomic mass is 79.9. The summed E-state index contributed by atoms with van der Waals surface area (Å²) < 4.78 is 18.5. The molecule has 0 bridgehead atoms. The molecule has 0 radical (unpaired) electrons. The highest BCUT2D eigenvalue weighted by molar-refractivity contribution is 9.10. The van der Waals surface area contributed by atoms with Crippen molar-refractivity contribution in [1.29, 1.82) is 0 Å². The molecule has 1 aromatic carbocycles. The maximum atomic E-state index is 13.0. The SMILES string of the molecule is COCc1nc(-c2ccc(F)cc2Br)sc1C(=O)O. The van der Waals surface area contributed by atoms with Crippen LogP contribution in [0.25, 0.3) is 10.6 Å². The van der Waals surface area contributed by atoms with E-state index in [9.17, 15) is 9.18 Å². The van der Waals surface area contributed by atoms with E-state index in [-0.39, 0.29) is 17.3 Å². The Morgan fingerprint density at radius 3 is 2.89 bits per heavy atom. The number of methoxy groups -OCH3 is 1. The van der Waals surface area contributed by atoms with Crippen molar-refractivity contribution in [2.75, 3.05) is 7.11 Å². The molecule has 0 saturated carbocycles. The number of hydrogen-bond donors (Lipinski definition) is 1. The normalized spacial score (nSPS) is 10.7. The molecule has 2 rings (SSSR count). The van der Waals surface area contributed by atoms with Gasteiger partial charge in [0.2, 0.25) is 0 Å². The van der Waals surface area contributed by atoms with Crippen molar-refractivity contribution in [2.24, 2.45) is 0 Å². The summed E-state index contributed by atoms with van der Waals surface area (Å²) in [5, 5.41) is 9.62. The van der Waals surface area contributed by atoms with Crippen LogP contribution in [0, 0.1) is 5.82 Å². The summed E-state index contributed by atoms with van der Waals surface area (Å²) in [5.74, 6) is -1.42. The third kappa shape index (κ3) is 2.99. The highest BCUT2D eigenvalue weighted by Crippen LogP contribution is 2.33. The number of carbonyl (C=O) groups is 1. The van der Waals surface area contributed by atoms with Gasteiger partial charge in [0.05, 0.1) is 12.3 Å². The van der Waals surface area contributed by atoms with Gasteiger partial charge in [0.1, 0.15) is 15.7 Å². The maximum Gasteiger partial charge on any atom is 0.347 e. The zero-order chi connectivity index (χ0) is 14.0. The fourth-order valence-electron chi connectivity index (χ4n) is 1.53. The van der Waals surface area contributed by atoms with Crippen LogP contribution in [0.2, 0.25) is 0 Å². The molecule has 0 saturated heterocycles. The average Bonchev–Trinajstić information content (AvgIpc) is 2.73. The second kappa shape index (κ2) is 5.77. The van der Waals surface area contributed by atoms with Crippen molar-refractivity contribution in [3.63, 3.8) is 0 Å². The second-order valence-electron chi connectivity index (χ2n) is 3.66. The van der Waals surface area contributed by atoms with E-state index in [1.54, 1.807) is 6.07 Å². The Balaban J connectivity index is 2.50. The van der Waals surface area contributed by atoms with E-state index in [4.69, 9.17) is 9.84 Å². The van der Waals surface area contributed by atoms with Crippen molar-refractivity contribution in [3.05, 3.63) is 39.1 Å². The molecule has 1 heterocycles. The van der Waals surface area contributed by atoms with Crippen molar-refractivity contribution in [2.45, 2.75) is 6.61 Å². The lowest BCUT2D eigenvalue weighted by Crippen LogP contribution is -1.99. The maximum absolute atomic E-state index is 13.0. The van der Waals surface area contributed by atoms with Crippen LogP contribution in [0.3, 0.4) is 0 Å². The lowest BCUT2D eigenvalue weighted by atomic mass is 10.2. The number of aromatic nitrogens is 1. The largest absolute Gasteiger partial charge is 0.477 e. The number of benzene rings is 1. The minimum atomic E-state index is -1.05. The molecule has 0 aliphatic rings. The van der Waals surface area contributed by atoms with E-state index >= 15 is 0 Å². The standard InChI is InChI=1S/C12H9BrFNO3S/c1-18-5-9-10(12(16)17)19-11(15-9)7-3-2-6(14)4-8(7)13/h2-4H,5H2,1H3,(H,16,17). The fraction of sp³-hybridized carbons (Fsp3) is 0.167. The number of carboxylic acids is 1. The molecule has 0 aliphatic heterocycles. The molecule has 2 aromatic rings. The van der Waals surface area contributed by atoms with Crippen LogP contribution in [0.15, 0.2) is 22.7 Å². The first-order valence-electron chi connectivity index (χ1n) is 5.20. The fourth-order valence-corrected chi connectivity index (χ4v) is 3.15. The lowest BCUT2D eigenvalue weighted by Gasteiger charge is -2.00. The van der Waals surface area contributed by atoms with E-state index in [1.165, 1.54) is 19.2 Å². The smallest absolute Gasteiger partial charge is 0.347 e. The Morgan fingerprint density at radius 2 is 2.32 bits per heavy atom. The summed E-state index contributed by atoms with van der Waals surface area (Å²) in [6.45, 7) is 0.122. The van der Waals surface area contributed by atoms with E-state index in [0.29, 0.717) is 20.7 Å². The molecule has 1 aromatic heterocycles. The predicted octanol–water partition coefficient (Wildman–Crippen LogP) is 3.56. The molecule has 0 atom stereocenters. The van der Waals surface area contributed by atoms with Gasteiger partial charge < -0.3 is 9.84 Å². The number of hydrogen-bond acceptors (Lipinski definition) is 4. The van der Waals surface area contributed by atoms with Crippen LogP contribution in [0.5, 0.6) is 0 Å². The van der Waals surface area contributed by atoms with Crippen LogP contribution in [-0.4, -0.2) is 23.2 Å². The third-order valence-electron chi connectivity index (χ3n) is 2.33. The summed E-state index contributed by atoms with van der Waals surface area (Å²) in [7, 11) is 1.47. The van der Waals surface area contributed by atoms with Gasteiger partial charge in [-0.2, -0.15) is 0 Å². The lowest BCUT2D eigenvalue weighted by molar-refractivity contribution is 0.0697. The van der Waals surface area contributed by atoms with Gasteiger partial charge in [-0.05, 0) is 34.1 Å². The Labute approximate surface area is 121 Å². The van der Waals surface area contributed by atoms with Gasteiger partial charge in [-0.25, -0.2) is 14.2 Å². The van der Waals surface area contributed by atoms with Crippen molar-refractivity contribution >= 4 is 33.2 Å². The predicted molar refractivity (Wildman–Crippen MR) is 72.9 cm³/mol. The quantitative estimate of drug-likeness (QED) is 0.920. The molecule has 1 N–H and O–H groups in total. The van der Waals surface area contributed by atoms with Gasteiger partial charge in [0.25, 0.3) is 0 Å². The van der Waals surface area contributed by atoms with Gasteiger partial charge in [0, 0.05) is 17.1 Å². The van der Waals surface area contributed by atoms with E-state index < -0.39 is 5.97 Å². The van der Waals surface area contributed by atoms with Crippen LogP contribution < -0.4 is 0 Å². The number of halogens is 2. The van der Waals surface area contributed by atoms with E-state index in [2.05, 4.69) is 20.9 Å². The van der Waals surface area contributed by atoms with Crippen molar-refractivity contribution in [1.82, 2.24) is 4.98 Å². The van der Waals surface area contributed by atoms with Gasteiger partial charge in [-0.1, -0.05) is 0 Å². The summed E-state index contributed by atoms with van der Waals surface area (Å²) in [6.07, 6.45) is 0. The Hall–Kier alpha value is -1.31.